The second-order valence-electron chi connectivity index (χ2n) is 6.11. The third-order valence-corrected chi connectivity index (χ3v) is 4.19. The standard InChI is InChI=1S/C19H21FN2O/c1-13(19(23)22-17-11-9-16(20)10-12-17)21-18(15-7-8-15)14-5-3-2-4-6-14/h2-6,9-13,15,18,21H,7-8H2,1H3,(H,22,23)/t13-,18-/m0/s1. The smallest absolute Gasteiger partial charge is 0.241 e. The number of benzene rings is 2. The van der Waals surface area contributed by atoms with Gasteiger partial charge in [-0.15, -0.1) is 0 Å². The van der Waals surface area contributed by atoms with Crippen LogP contribution in [0.1, 0.15) is 31.4 Å². The maximum absolute atomic E-state index is 12.9. The van der Waals surface area contributed by atoms with E-state index in [2.05, 4.69) is 22.8 Å². The second-order valence-corrected chi connectivity index (χ2v) is 6.11. The van der Waals surface area contributed by atoms with Crippen LogP contribution in [0, 0.1) is 11.7 Å². The number of amides is 1. The predicted molar refractivity (Wildman–Crippen MR) is 89.5 cm³/mol. The van der Waals surface area contributed by atoms with Crippen molar-refractivity contribution in [2.75, 3.05) is 5.32 Å². The molecule has 23 heavy (non-hydrogen) atoms. The van der Waals surface area contributed by atoms with Gasteiger partial charge in [-0.2, -0.15) is 0 Å². The summed E-state index contributed by atoms with van der Waals surface area (Å²) in [5, 5.41) is 6.26. The first-order valence-corrected chi connectivity index (χ1v) is 8.01. The van der Waals surface area contributed by atoms with Crippen molar-refractivity contribution >= 4 is 11.6 Å². The third-order valence-electron chi connectivity index (χ3n) is 4.19. The first-order chi connectivity index (χ1) is 11.1. The van der Waals surface area contributed by atoms with Crippen molar-refractivity contribution in [3.8, 4) is 0 Å². The molecule has 4 heteroatoms. The van der Waals surface area contributed by atoms with Gasteiger partial charge in [-0.3, -0.25) is 10.1 Å². The number of anilines is 1. The molecule has 1 aliphatic carbocycles. The van der Waals surface area contributed by atoms with E-state index in [0.29, 0.717) is 11.6 Å². The van der Waals surface area contributed by atoms with Gasteiger partial charge >= 0.3 is 0 Å². The molecule has 1 aliphatic rings. The molecule has 2 aromatic rings. The molecule has 0 aromatic heterocycles. The molecular formula is C19H21FN2O. The molecule has 0 aliphatic heterocycles. The lowest BCUT2D eigenvalue weighted by atomic mass is 10.0. The molecule has 1 amide bonds. The van der Waals surface area contributed by atoms with Gasteiger partial charge in [0, 0.05) is 11.7 Å². The number of carbonyl (C=O) groups excluding carboxylic acids is 1. The molecule has 0 radical (unpaired) electrons. The Morgan fingerprint density at radius 1 is 1.09 bits per heavy atom. The molecule has 0 spiro atoms. The monoisotopic (exact) mass is 312 g/mol. The number of halogens is 1. The van der Waals surface area contributed by atoms with E-state index in [1.165, 1.54) is 30.5 Å². The molecule has 2 N–H and O–H groups in total. The lowest BCUT2D eigenvalue weighted by molar-refractivity contribution is -0.118. The van der Waals surface area contributed by atoms with Gasteiger partial charge in [-0.25, -0.2) is 4.39 Å². The molecule has 0 heterocycles. The summed E-state index contributed by atoms with van der Waals surface area (Å²) in [5.74, 6) is 0.170. The summed E-state index contributed by atoms with van der Waals surface area (Å²) >= 11 is 0. The highest BCUT2D eigenvalue weighted by Crippen LogP contribution is 2.41. The van der Waals surface area contributed by atoms with E-state index < -0.39 is 0 Å². The Bertz CT molecular complexity index is 653. The quantitative estimate of drug-likeness (QED) is 0.849. The molecule has 2 atom stereocenters. The molecule has 0 bridgehead atoms. The number of rotatable bonds is 6. The van der Waals surface area contributed by atoms with Gasteiger partial charge in [0.15, 0.2) is 0 Å². The lowest BCUT2D eigenvalue weighted by Crippen LogP contribution is -2.40. The van der Waals surface area contributed by atoms with Crippen LogP contribution in [0.3, 0.4) is 0 Å². The average Bonchev–Trinajstić information content (AvgIpc) is 3.40. The lowest BCUT2D eigenvalue weighted by Gasteiger charge is -2.23. The zero-order valence-electron chi connectivity index (χ0n) is 13.1. The summed E-state index contributed by atoms with van der Waals surface area (Å²) in [4.78, 5) is 12.3. The van der Waals surface area contributed by atoms with Gasteiger partial charge in [0.05, 0.1) is 6.04 Å². The number of carbonyl (C=O) groups is 1. The van der Waals surface area contributed by atoms with Gasteiger partial charge in [0.25, 0.3) is 0 Å². The second kappa shape index (κ2) is 6.92. The molecule has 3 rings (SSSR count). The Balaban J connectivity index is 1.63. The largest absolute Gasteiger partial charge is 0.325 e. The van der Waals surface area contributed by atoms with Crippen LogP contribution < -0.4 is 10.6 Å². The summed E-state index contributed by atoms with van der Waals surface area (Å²) in [6, 6.07) is 15.9. The van der Waals surface area contributed by atoms with Crippen LogP contribution in [0.4, 0.5) is 10.1 Å². The van der Waals surface area contributed by atoms with E-state index in [4.69, 9.17) is 0 Å². The van der Waals surface area contributed by atoms with E-state index >= 15 is 0 Å². The maximum atomic E-state index is 12.9. The molecule has 0 saturated heterocycles. The van der Waals surface area contributed by atoms with Crippen molar-refractivity contribution in [2.45, 2.75) is 31.8 Å². The van der Waals surface area contributed by atoms with Gasteiger partial charge in [0.1, 0.15) is 5.82 Å². The van der Waals surface area contributed by atoms with Crippen LogP contribution in [0.25, 0.3) is 0 Å². The van der Waals surface area contributed by atoms with Crippen molar-refractivity contribution in [3.05, 3.63) is 66.0 Å². The van der Waals surface area contributed by atoms with Gasteiger partial charge in [-0.1, -0.05) is 30.3 Å². The fourth-order valence-electron chi connectivity index (χ4n) is 2.72. The zero-order valence-corrected chi connectivity index (χ0v) is 13.1. The van der Waals surface area contributed by atoms with Crippen molar-refractivity contribution in [2.24, 2.45) is 5.92 Å². The van der Waals surface area contributed by atoms with E-state index in [1.54, 1.807) is 12.1 Å². The Labute approximate surface area is 135 Å². The first kappa shape index (κ1) is 15.7. The summed E-state index contributed by atoms with van der Waals surface area (Å²) in [6.45, 7) is 1.86. The highest BCUT2D eigenvalue weighted by Gasteiger charge is 2.33. The van der Waals surface area contributed by atoms with Crippen LogP contribution in [0.5, 0.6) is 0 Å². The minimum atomic E-state index is -0.328. The Morgan fingerprint density at radius 3 is 2.35 bits per heavy atom. The topological polar surface area (TPSA) is 41.1 Å². The van der Waals surface area contributed by atoms with Crippen LogP contribution in [-0.2, 0) is 4.79 Å². The minimum Gasteiger partial charge on any atom is -0.325 e. The first-order valence-electron chi connectivity index (χ1n) is 8.01. The minimum absolute atomic E-state index is 0.113. The van der Waals surface area contributed by atoms with E-state index in [0.717, 1.165) is 0 Å². The van der Waals surface area contributed by atoms with Crippen molar-refractivity contribution < 1.29 is 9.18 Å². The molecule has 0 unspecified atom stereocenters. The summed E-state index contributed by atoms with van der Waals surface area (Å²) in [5.41, 5.74) is 1.82. The Morgan fingerprint density at radius 2 is 1.74 bits per heavy atom. The number of hydrogen-bond acceptors (Lipinski definition) is 2. The van der Waals surface area contributed by atoms with E-state index in [9.17, 15) is 9.18 Å². The van der Waals surface area contributed by atoms with E-state index in [1.807, 2.05) is 25.1 Å². The van der Waals surface area contributed by atoms with Crippen molar-refractivity contribution in [1.82, 2.24) is 5.32 Å². The Kier molecular flexibility index (Phi) is 4.72. The van der Waals surface area contributed by atoms with Crippen molar-refractivity contribution in [3.63, 3.8) is 0 Å². The molecule has 3 nitrogen and oxygen atoms in total. The average molecular weight is 312 g/mol. The van der Waals surface area contributed by atoms with Crippen LogP contribution in [0.2, 0.25) is 0 Å². The van der Waals surface area contributed by atoms with Gasteiger partial charge in [0.2, 0.25) is 5.91 Å². The fourth-order valence-corrected chi connectivity index (χ4v) is 2.72. The molecular weight excluding hydrogens is 291 g/mol. The number of hydrogen-bond donors (Lipinski definition) is 2. The Hall–Kier alpha value is -2.20. The highest BCUT2D eigenvalue weighted by atomic mass is 19.1. The summed E-state index contributed by atoms with van der Waals surface area (Å²) in [6.07, 6.45) is 2.39. The van der Waals surface area contributed by atoms with Gasteiger partial charge < -0.3 is 5.32 Å². The van der Waals surface area contributed by atoms with Crippen LogP contribution >= 0.6 is 0 Å². The van der Waals surface area contributed by atoms with Crippen molar-refractivity contribution in [1.29, 1.82) is 0 Å². The molecule has 120 valence electrons. The zero-order chi connectivity index (χ0) is 16.2. The highest BCUT2D eigenvalue weighted by molar-refractivity contribution is 5.94. The van der Waals surface area contributed by atoms with Gasteiger partial charge in [-0.05, 0) is 55.5 Å². The van der Waals surface area contributed by atoms with Crippen LogP contribution in [-0.4, -0.2) is 11.9 Å². The third kappa shape index (κ3) is 4.17. The van der Waals surface area contributed by atoms with Crippen LogP contribution in [0.15, 0.2) is 54.6 Å². The summed E-state index contributed by atoms with van der Waals surface area (Å²) in [7, 11) is 0. The predicted octanol–water partition coefficient (Wildman–Crippen LogP) is 3.89. The summed E-state index contributed by atoms with van der Waals surface area (Å²) < 4.78 is 12.9. The SMILES string of the molecule is C[C@H](N[C@@H](c1ccccc1)C1CC1)C(=O)Nc1ccc(F)cc1. The van der Waals surface area contributed by atoms with E-state index in [-0.39, 0.29) is 23.8 Å². The number of nitrogens with one attached hydrogen (secondary N) is 2. The molecule has 2 aromatic carbocycles. The normalized spacial score (nSPS) is 16.6. The fraction of sp³-hybridized carbons (Fsp3) is 0.316. The molecule has 1 saturated carbocycles. The maximum Gasteiger partial charge on any atom is 0.241 e. The molecule has 1 fully saturated rings.